The summed E-state index contributed by atoms with van der Waals surface area (Å²) in [5.41, 5.74) is 3.67. The van der Waals surface area contributed by atoms with Crippen LogP contribution in [0.15, 0.2) is 30.3 Å². The van der Waals surface area contributed by atoms with Crippen LogP contribution in [0.4, 0.5) is 11.4 Å². The molecule has 3 fully saturated rings. The molecule has 0 unspecified atom stereocenters. The number of aryl methyl sites for hydroxylation is 3. The molecule has 7 heteroatoms. The minimum Gasteiger partial charge on any atom is -0.324 e. The molecule has 2 aromatic rings. The van der Waals surface area contributed by atoms with Crippen molar-refractivity contribution in [2.24, 2.45) is 11.8 Å². The van der Waals surface area contributed by atoms with Gasteiger partial charge in [-0.2, -0.15) is 0 Å². The molecule has 0 aliphatic carbocycles. The third-order valence-corrected chi connectivity index (χ3v) is 8.08. The number of carbonyl (C=O) groups excluding carboxylic acids is 3. The molecule has 4 aliphatic heterocycles. The van der Waals surface area contributed by atoms with Crippen LogP contribution in [0.5, 0.6) is 0 Å². The van der Waals surface area contributed by atoms with E-state index in [1.54, 1.807) is 6.07 Å². The van der Waals surface area contributed by atoms with Crippen molar-refractivity contribution >= 4 is 40.7 Å². The van der Waals surface area contributed by atoms with Gasteiger partial charge in [0.25, 0.3) is 0 Å². The lowest BCUT2D eigenvalue weighted by Gasteiger charge is -2.37. The van der Waals surface area contributed by atoms with E-state index in [1.807, 2.05) is 45.0 Å². The third kappa shape index (κ3) is 2.22. The summed E-state index contributed by atoms with van der Waals surface area (Å²) in [4.78, 5) is 45.0. The van der Waals surface area contributed by atoms with Gasteiger partial charge in [0, 0.05) is 22.3 Å². The second kappa shape index (κ2) is 6.42. The van der Waals surface area contributed by atoms with Gasteiger partial charge in [-0.1, -0.05) is 29.3 Å². The lowest BCUT2D eigenvalue weighted by Crippen LogP contribution is -2.54. The average molecular weight is 450 g/mol. The Bertz CT molecular complexity index is 1240. The Labute approximate surface area is 191 Å². The molecule has 2 aromatic carbocycles. The zero-order chi connectivity index (χ0) is 22.5. The number of hydrogen-bond acceptors (Lipinski definition) is 4. The quantitative estimate of drug-likeness (QED) is 0.674. The highest BCUT2D eigenvalue weighted by molar-refractivity contribution is 6.31. The molecule has 0 radical (unpaired) electrons. The van der Waals surface area contributed by atoms with Crippen LogP contribution in [0.1, 0.15) is 35.1 Å². The topological polar surface area (TPSA) is 69.7 Å². The van der Waals surface area contributed by atoms with Gasteiger partial charge in [-0.25, -0.2) is 4.90 Å². The minimum atomic E-state index is -1.20. The first kappa shape index (κ1) is 19.9. The van der Waals surface area contributed by atoms with Crippen molar-refractivity contribution in [1.82, 2.24) is 4.90 Å². The maximum Gasteiger partial charge on any atom is 0.250 e. The van der Waals surface area contributed by atoms with E-state index in [0.29, 0.717) is 17.3 Å². The highest BCUT2D eigenvalue weighted by Gasteiger charge is 2.74. The van der Waals surface area contributed by atoms with Gasteiger partial charge in [-0.3, -0.25) is 19.3 Å². The van der Waals surface area contributed by atoms with Gasteiger partial charge in [0.15, 0.2) is 0 Å². The highest BCUT2D eigenvalue weighted by Crippen LogP contribution is 2.61. The molecule has 164 valence electrons. The van der Waals surface area contributed by atoms with E-state index in [-0.39, 0.29) is 23.8 Å². The maximum absolute atomic E-state index is 14.0. The predicted molar refractivity (Wildman–Crippen MR) is 122 cm³/mol. The second-order valence-electron chi connectivity index (χ2n) is 9.57. The highest BCUT2D eigenvalue weighted by atomic mass is 35.5. The number of rotatable bonds is 1. The van der Waals surface area contributed by atoms with Crippen molar-refractivity contribution in [2.75, 3.05) is 16.8 Å². The fraction of sp³-hybridized carbons (Fsp3) is 0.400. The van der Waals surface area contributed by atoms with Gasteiger partial charge in [0.1, 0.15) is 5.54 Å². The van der Waals surface area contributed by atoms with Crippen LogP contribution in [0.2, 0.25) is 5.02 Å². The molecular weight excluding hydrogens is 426 g/mol. The van der Waals surface area contributed by atoms with E-state index in [2.05, 4.69) is 10.2 Å². The Hall–Kier alpha value is -2.70. The number of nitrogens with zero attached hydrogens (tertiary/aromatic N) is 2. The summed E-state index contributed by atoms with van der Waals surface area (Å²) in [7, 11) is 0. The molecule has 32 heavy (non-hydrogen) atoms. The zero-order valence-electron chi connectivity index (χ0n) is 18.2. The lowest BCUT2D eigenvalue weighted by molar-refractivity contribution is -0.135. The summed E-state index contributed by atoms with van der Waals surface area (Å²) in [6, 6.07) is 9.21. The summed E-state index contributed by atoms with van der Waals surface area (Å²) in [5.74, 6) is -2.01. The summed E-state index contributed by atoms with van der Waals surface area (Å²) in [5, 5.41) is 3.57. The van der Waals surface area contributed by atoms with E-state index in [4.69, 9.17) is 11.6 Å². The first-order valence-corrected chi connectivity index (χ1v) is 11.5. The number of halogens is 1. The normalized spacial score (nSPS) is 30.8. The monoisotopic (exact) mass is 449 g/mol. The molecule has 4 heterocycles. The van der Waals surface area contributed by atoms with Gasteiger partial charge in [-0.15, -0.1) is 0 Å². The molecular formula is C25H24ClN3O3. The largest absolute Gasteiger partial charge is 0.324 e. The lowest BCUT2D eigenvalue weighted by atomic mass is 9.75. The molecule has 4 atom stereocenters. The second-order valence-corrected chi connectivity index (χ2v) is 10.0. The number of carbonyl (C=O) groups is 3. The van der Waals surface area contributed by atoms with Gasteiger partial charge >= 0.3 is 0 Å². The third-order valence-electron chi connectivity index (χ3n) is 7.86. The number of fused-ring (bicyclic) bond motifs is 7. The number of benzene rings is 2. The summed E-state index contributed by atoms with van der Waals surface area (Å²) >= 11 is 6.43. The molecule has 0 bridgehead atoms. The van der Waals surface area contributed by atoms with Crippen molar-refractivity contribution in [3.05, 3.63) is 57.6 Å². The molecule has 1 spiro atoms. The van der Waals surface area contributed by atoms with Crippen molar-refractivity contribution in [2.45, 2.75) is 45.2 Å². The van der Waals surface area contributed by atoms with E-state index in [1.165, 1.54) is 4.90 Å². The molecule has 3 amide bonds. The molecule has 0 aromatic heterocycles. The predicted octanol–water partition coefficient (Wildman–Crippen LogP) is 3.70. The van der Waals surface area contributed by atoms with E-state index < -0.39 is 17.4 Å². The number of amides is 3. The summed E-state index contributed by atoms with van der Waals surface area (Å²) in [6.07, 6.45) is 1.69. The van der Waals surface area contributed by atoms with Crippen molar-refractivity contribution in [3.8, 4) is 0 Å². The van der Waals surface area contributed by atoms with Crippen molar-refractivity contribution in [1.29, 1.82) is 0 Å². The Morgan fingerprint density at radius 2 is 1.81 bits per heavy atom. The van der Waals surface area contributed by atoms with Crippen molar-refractivity contribution in [3.63, 3.8) is 0 Å². The van der Waals surface area contributed by atoms with Gasteiger partial charge < -0.3 is 5.32 Å². The van der Waals surface area contributed by atoms with Crippen LogP contribution in [-0.2, 0) is 19.9 Å². The van der Waals surface area contributed by atoms with Crippen LogP contribution in [-0.4, -0.2) is 35.2 Å². The number of anilines is 2. The first-order valence-electron chi connectivity index (χ1n) is 11.1. The van der Waals surface area contributed by atoms with Crippen molar-refractivity contribution < 1.29 is 14.4 Å². The fourth-order valence-corrected chi connectivity index (χ4v) is 7.00. The SMILES string of the molecule is Cc1ccc(N2C(=O)[C@@H]3[C@@H]4CCCN4[C@@]4(C(=O)Nc5c(C)cc(Cl)cc54)[C@H]3C2=O)c(C)c1. The van der Waals surface area contributed by atoms with Gasteiger partial charge in [0.2, 0.25) is 17.7 Å². The van der Waals surface area contributed by atoms with Crippen LogP contribution in [0.3, 0.4) is 0 Å². The molecule has 4 aliphatic rings. The number of hydrogen-bond donors (Lipinski definition) is 1. The van der Waals surface area contributed by atoms with Crippen LogP contribution < -0.4 is 10.2 Å². The fourth-order valence-electron chi connectivity index (χ4n) is 6.73. The van der Waals surface area contributed by atoms with Gasteiger partial charge in [0.05, 0.1) is 17.5 Å². The Kier molecular flexibility index (Phi) is 4.00. The molecule has 6 rings (SSSR count). The van der Waals surface area contributed by atoms with Crippen LogP contribution in [0.25, 0.3) is 0 Å². The van der Waals surface area contributed by atoms with Crippen LogP contribution in [0, 0.1) is 32.6 Å². The maximum atomic E-state index is 14.0. The van der Waals surface area contributed by atoms with Crippen LogP contribution >= 0.6 is 11.6 Å². The molecule has 1 N–H and O–H groups in total. The van der Waals surface area contributed by atoms with E-state index >= 15 is 0 Å². The molecule has 3 saturated heterocycles. The Morgan fingerprint density at radius 1 is 1.03 bits per heavy atom. The summed E-state index contributed by atoms with van der Waals surface area (Å²) in [6.45, 7) is 6.48. The molecule has 0 saturated carbocycles. The average Bonchev–Trinajstić information content (AvgIpc) is 3.42. The van der Waals surface area contributed by atoms with Gasteiger partial charge in [-0.05, 0) is 69.5 Å². The van der Waals surface area contributed by atoms with E-state index in [0.717, 1.165) is 40.8 Å². The Morgan fingerprint density at radius 3 is 2.56 bits per heavy atom. The van der Waals surface area contributed by atoms with E-state index in [9.17, 15) is 14.4 Å². The minimum absolute atomic E-state index is 0.136. The number of nitrogens with one attached hydrogen (secondary N) is 1. The summed E-state index contributed by atoms with van der Waals surface area (Å²) < 4.78 is 0. The zero-order valence-corrected chi connectivity index (χ0v) is 19.0. The first-order chi connectivity index (χ1) is 15.3. The Balaban J connectivity index is 1.58. The molecule has 6 nitrogen and oxygen atoms in total. The standard InChI is InChI=1S/C25H24ClN3O3/c1-12-6-7-17(13(2)9-12)29-22(30)19-18-5-4-8-28(18)25(20(19)23(29)31)16-11-15(26)10-14(3)21(16)27-24(25)32/h6-7,9-11,18-20H,4-5,8H2,1-3H3,(H,27,32)/t18-,19+,20+,25+/m0/s1. The number of imide groups is 1. The smallest absolute Gasteiger partial charge is 0.250 e.